The van der Waals surface area contributed by atoms with Crippen LogP contribution in [0, 0.1) is 6.92 Å². The highest BCUT2D eigenvalue weighted by atomic mass is 32.2. The Hall–Kier alpha value is -1.70. The quantitative estimate of drug-likeness (QED) is 0.897. The number of hydrogen-bond acceptors (Lipinski definition) is 4. The Morgan fingerprint density at radius 3 is 2.26 bits per heavy atom. The van der Waals surface area contributed by atoms with E-state index >= 15 is 0 Å². The maximum absolute atomic E-state index is 12.4. The number of hydrogen-bond donors (Lipinski definition) is 1. The van der Waals surface area contributed by atoms with Gasteiger partial charge in [-0.2, -0.15) is 4.31 Å². The van der Waals surface area contributed by atoms with Crippen LogP contribution in [0.5, 0.6) is 0 Å². The first-order chi connectivity index (χ1) is 10.7. The Kier molecular flexibility index (Phi) is 5.23. The number of sulfonamides is 1. The van der Waals surface area contributed by atoms with E-state index in [9.17, 15) is 13.2 Å². The number of amides is 1. The molecule has 0 spiro atoms. The number of nitrogens with one attached hydrogen (secondary N) is 1. The van der Waals surface area contributed by atoms with Crippen molar-refractivity contribution in [1.82, 2.24) is 4.31 Å². The molecule has 0 saturated heterocycles. The number of aryl methyl sites for hydroxylation is 1. The van der Waals surface area contributed by atoms with Crippen LogP contribution in [0.3, 0.4) is 0 Å². The molecule has 2 rings (SSSR count). The van der Waals surface area contributed by atoms with Gasteiger partial charge in [0.15, 0.2) is 0 Å². The summed E-state index contributed by atoms with van der Waals surface area (Å²) in [4.78, 5) is 13.0. The van der Waals surface area contributed by atoms with Crippen molar-refractivity contribution in [3.8, 4) is 0 Å². The molecular formula is C16H20N2O3S2. The first-order valence-electron chi connectivity index (χ1n) is 7.17. The lowest BCUT2D eigenvalue weighted by Crippen LogP contribution is -2.33. The van der Waals surface area contributed by atoms with Gasteiger partial charge >= 0.3 is 0 Å². The second kappa shape index (κ2) is 6.82. The summed E-state index contributed by atoms with van der Waals surface area (Å²) in [6.07, 6.45) is 0. The van der Waals surface area contributed by atoms with E-state index in [1.165, 1.54) is 27.8 Å². The average Bonchev–Trinajstić information content (AvgIpc) is 2.93. The molecule has 23 heavy (non-hydrogen) atoms. The maximum atomic E-state index is 12.4. The van der Waals surface area contributed by atoms with Gasteiger partial charge < -0.3 is 5.32 Å². The molecule has 124 valence electrons. The minimum atomic E-state index is -3.51. The molecule has 7 heteroatoms. The summed E-state index contributed by atoms with van der Waals surface area (Å²) in [5, 5.41) is 4.64. The van der Waals surface area contributed by atoms with Gasteiger partial charge in [0.25, 0.3) is 5.91 Å². The standard InChI is InChI=1S/C16H20N2O3S2/c1-11(2)18(4)23(20,21)14-7-5-13(6-8-14)17-16(19)15-12(3)9-10-22-15/h5-11H,1-4H3,(H,17,19). The molecule has 1 aromatic carbocycles. The monoisotopic (exact) mass is 352 g/mol. The third-order valence-electron chi connectivity index (χ3n) is 3.58. The predicted octanol–water partition coefficient (Wildman–Crippen LogP) is 3.34. The van der Waals surface area contributed by atoms with E-state index in [1.54, 1.807) is 19.2 Å². The molecule has 1 N–H and O–H groups in total. The molecule has 0 saturated carbocycles. The van der Waals surface area contributed by atoms with Crippen LogP contribution in [0.1, 0.15) is 29.1 Å². The highest BCUT2D eigenvalue weighted by Crippen LogP contribution is 2.21. The van der Waals surface area contributed by atoms with Crippen LogP contribution < -0.4 is 5.32 Å². The van der Waals surface area contributed by atoms with E-state index in [0.29, 0.717) is 10.6 Å². The fraction of sp³-hybridized carbons (Fsp3) is 0.312. The van der Waals surface area contributed by atoms with Gasteiger partial charge in [-0.3, -0.25) is 4.79 Å². The highest BCUT2D eigenvalue weighted by molar-refractivity contribution is 7.89. The first kappa shape index (κ1) is 17.7. The van der Waals surface area contributed by atoms with Crippen LogP contribution >= 0.6 is 11.3 Å². The van der Waals surface area contributed by atoms with E-state index in [4.69, 9.17) is 0 Å². The number of benzene rings is 1. The summed E-state index contributed by atoms with van der Waals surface area (Å²) in [5.41, 5.74) is 1.49. The van der Waals surface area contributed by atoms with Crippen LogP contribution in [0.2, 0.25) is 0 Å². The molecule has 0 aliphatic carbocycles. The maximum Gasteiger partial charge on any atom is 0.265 e. The zero-order chi connectivity index (χ0) is 17.2. The minimum Gasteiger partial charge on any atom is -0.321 e. The lowest BCUT2D eigenvalue weighted by Gasteiger charge is -2.21. The van der Waals surface area contributed by atoms with Gasteiger partial charge in [0.1, 0.15) is 0 Å². The van der Waals surface area contributed by atoms with Gasteiger partial charge in [-0.15, -0.1) is 11.3 Å². The Bertz CT molecular complexity index is 793. The summed E-state index contributed by atoms with van der Waals surface area (Å²) >= 11 is 1.38. The van der Waals surface area contributed by atoms with Crippen molar-refractivity contribution >= 4 is 33.0 Å². The third-order valence-corrected chi connectivity index (χ3v) is 6.65. The largest absolute Gasteiger partial charge is 0.321 e. The van der Waals surface area contributed by atoms with Gasteiger partial charge in [-0.05, 0) is 62.0 Å². The Balaban J connectivity index is 2.17. The van der Waals surface area contributed by atoms with Gasteiger partial charge in [-0.1, -0.05) is 0 Å². The van der Waals surface area contributed by atoms with Crippen molar-refractivity contribution in [3.63, 3.8) is 0 Å². The molecule has 1 aromatic heterocycles. The summed E-state index contributed by atoms with van der Waals surface area (Å²) in [6.45, 7) is 5.51. The molecule has 0 bridgehead atoms. The molecule has 0 radical (unpaired) electrons. The molecule has 0 aliphatic rings. The van der Waals surface area contributed by atoms with Crippen LogP contribution in [0.15, 0.2) is 40.6 Å². The second-order valence-corrected chi connectivity index (χ2v) is 8.44. The smallest absolute Gasteiger partial charge is 0.265 e. The number of rotatable bonds is 5. The molecular weight excluding hydrogens is 332 g/mol. The van der Waals surface area contributed by atoms with Crippen LogP contribution in [0.25, 0.3) is 0 Å². The third kappa shape index (κ3) is 3.80. The van der Waals surface area contributed by atoms with Crippen molar-refractivity contribution in [1.29, 1.82) is 0 Å². The zero-order valence-corrected chi connectivity index (χ0v) is 15.2. The Morgan fingerprint density at radius 2 is 1.78 bits per heavy atom. The van der Waals surface area contributed by atoms with Crippen molar-refractivity contribution in [2.45, 2.75) is 31.7 Å². The topological polar surface area (TPSA) is 66.5 Å². The fourth-order valence-corrected chi connectivity index (χ4v) is 4.14. The fourth-order valence-electron chi connectivity index (χ4n) is 1.95. The van der Waals surface area contributed by atoms with Crippen LogP contribution in [0.4, 0.5) is 5.69 Å². The van der Waals surface area contributed by atoms with E-state index in [1.807, 2.05) is 32.2 Å². The molecule has 0 atom stereocenters. The SMILES string of the molecule is Cc1ccsc1C(=O)Nc1ccc(S(=O)(=O)N(C)C(C)C)cc1. The Labute approximate surface area is 141 Å². The molecule has 5 nitrogen and oxygen atoms in total. The Morgan fingerprint density at radius 1 is 1.17 bits per heavy atom. The molecule has 0 aliphatic heterocycles. The van der Waals surface area contributed by atoms with Gasteiger partial charge in [-0.25, -0.2) is 8.42 Å². The summed E-state index contributed by atoms with van der Waals surface area (Å²) < 4.78 is 26.1. The zero-order valence-electron chi connectivity index (χ0n) is 13.5. The molecule has 0 fully saturated rings. The summed E-state index contributed by atoms with van der Waals surface area (Å²) in [6, 6.07) is 7.97. The van der Waals surface area contributed by atoms with Gasteiger partial charge in [0, 0.05) is 18.8 Å². The number of anilines is 1. The van der Waals surface area contributed by atoms with E-state index in [-0.39, 0.29) is 16.8 Å². The number of carbonyl (C=O) groups is 1. The normalized spacial score (nSPS) is 11.9. The summed E-state index contributed by atoms with van der Waals surface area (Å²) in [5.74, 6) is -0.188. The average molecular weight is 352 g/mol. The van der Waals surface area contributed by atoms with E-state index in [2.05, 4.69) is 5.32 Å². The lowest BCUT2D eigenvalue weighted by molar-refractivity contribution is 0.103. The van der Waals surface area contributed by atoms with Crippen molar-refractivity contribution < 1.29 is 13.2 Å². The molecule has 1 heterocycles. The summed E-state index contributed by atoms with van der Waals surface area (Å²) in [7, 11) is -1.96. The van der Waals surface area contributed by atoms with Crippen molar-refractivity contribution in [2.24, 2.45) is 0 Å². The molecule has 1 amide bonds. The molecule has 2 aromatic rings. The highest BCUT2D eigenvalue weighted by Gasteiger charge is 2.22. The number of thiophene rings is 1. The predicted molar refractivity (Wildman–Crippen MR) is 93.5 cm³/mol. The van der Waals surface area contributed by atoms with Gasteiger partial charge in [0.2, 0.25) is 10.0 Å². The number of carbonyl (C=O) groups excluding carboxylic acids is 1. The van der Waals surface area contributed by atoms with Gasteiger partial charge in [0.05, 0.1) is 9.77 Å². The van der Waals surface area contributed by atoms with Crippen LogP contribution in [-0.2, 0) is 10.0 Å². The minimum absolute atomic E-state index is 0.124. The second-order valence-electron chi connectivity index (χ2n) is 5.53. The molecule has 0 unspecified atom stereocenters. The van der Waals surface area contributed by atoms with Crippen molar-refractivity contribution in [2.75, 3.05) is 12.4 Å². The first-order valence-corrected chi connectivity index (χ1v) is 9.49. The van der Waals surface area contributed by atoms with Crippen LogP contribution in [-0.4, -0.2) is 31.7 Å². The lowest BCUT2D eigenvalue weighted by atomic mass is 10.2. The van der Waals surface area contributed by atoms with E-state index in [0.717, 1.165) is 5.56 Å². The number of nitrogens with zero attached hydrogens (tertiary/aromatic N) is 1. The van der Waals surface area contributed by atoms with E-state index < -0.39 is 10.0 Å². The van der Waals surface area contributed by atoms with Crippen molar-refractivity contribution in [3.05, 3.63) is 46.2 Å².